The average molecular weight is 314 g/mol. The fourth-order valence-electron chi connectivity index (χ4n) is 4.37. The van der Waals surface area contributed by atoms with Crippen molar-refractivity contribution in [1.29, 1.82) is 0 Å². The van der Waals surface area contributed by atoms with Gasteiger partial charge in [0.1, 0.15) is 5.82 Å². The average Bonchev–Trinajstić information content (AvgIpc) is 3.18. The fraction of sp³-hybridized carbons (Fsp3) is 0.526. The third-order valence-electron chi connectivity index (χ3n) is 5.64. The zero-order valence-electron chi connectivity index (χ0n) is 13.3. The van der Waals surface area contributed by atoms with Gasteiger partial charge in [0.15, 0.2) is 0 Å². The van der Waals surface area contributed by atoms with E-state index >= 15 is 0 Å². The van der Waals surface area contributed by atoms with E-state index in [1.54, 1.807) is 12.1 Å². The van der Waals surface area contributed by atoms with E-state index in [0.29, 0.717) is 5.56 Å². The Hall–Kier alpha value is -1.68. The molecule has 0 radical (unpaired) electrons. The van der Waals surface area contributed by atoms with E-state index < -0.39 is 0 Å². The number of hydrogen-bond donors (Lipinski definition) is 0. The van der Waals surface area contributed by atoms with E-state index in [2.05, 4.69) is 17.1 Å². The molecule has 2 aliphatic carbocycles. The van der Waals surface area contributed by atoms with Gasteiger partial charge in [-0.15, -0.1) is 0 Å². The van der Waals surface area contributed by atoms with Crippen molar-refractivity contribution in [2.75, 3.05) is 32.7 Å². The number of carbonyl (C=O) groups is 1. The topological polar surface area (TPSA) is 23.6 Å². The van der Waals surface area contributed by atoms with Gasteiger partial charge in [-0.25, -0.2) is 4.39 Å². The molecule has 0 N–H and O–H groups in total. The van der Waals surface area contributed by atoms with Crippen molar-refractivity contribution >= 4 is 5.91 Å². The first-order chi connectivity index (χ1) is 11.2. The van der Waals surface area contributed by atoms with Crippen molar-refractivity contribution in [1.82, 2.24) is 9.80 Å². The van der Waals surface area contributed by atoms with Crippen molar-refractivity contribution in [3.63, 3.8) is 0 Å². The number of fused-ring (bicyclic) bond motifs is 2. The maximum atomic E-state index is 13.3. The highest BCUT2D eigenvalue weighted by molar-refractivity contribution is 5.94. The zero-order valence-corrected chi connectivity index (χ0v) is 13.3. The number of benzene rings is 1. The number of carbonyl (C=O) groups excluding carboxylic acids is 1. The lowest BCUT2D eigenvalue weighted by Gasteiger charge is -2.37. The van der Waals surface area contributed by atoms with Gasteiger partial charge >= 0.3 is 0 Å². The third-order valence-corrected chi connectivity index (χ3v) is 5.64. The van der Waals surface area contributed by atoms with Crippen LogP contribution in [-0.2, 0) is 0 Å². The van der Waals surface area contributed by atoms with Gasteiger partial charge in [-0.2, -0.15) is 0 Å². The molecule has 3 atom stereocenters. The largest absolute Gasteiger partial charge is 0.336 e. The van der Waals surface area contributed by atoms with Crippen molar-refractivity contribution in [2.45, 2.75) is 12.8 Å². The highest BCUT2D eigenvalue weighted by Crippen LogP contribution is 2.43. The van der Waals surface area contributed by atoms with E-state index in [0.717, 1.165) is 50.5 Å². The van der Waals surface area contributed by atoms with Crippen LogP contribution in [-0.4, -0.2) is 48.4 Å². The van der Waals surface area contributed by atoms with Gasteiger partial charge in [-0.1, -0.05) is 18.2 Å². The van der Waals surface area contributed by atoms with E-state index in [-0.39, 0.29) is 11.7 Å². The van der Waals surface area contributed by atoms with E-state index in [9.17, 15) is 9.18 Å². The summed E-state index contributed by atoms with van der Waals surface area (Å²) in [7, 11) is 0. The van der Waals surface area contributed by atoms with Crippen LogP contribution in [0.5, 0.6) is 0 Å². The second-order valence-electron chi connectivity index (χ2n) is 7.14. The van der Waals surface area contributed by atoms with Crippen LogP contribution in [0.25, 0.3) is 0 Å². The maximum absolute atomic E-state index is 13.3. The van der Waals surface area contributed by atoms with Gasteiger partial charge in [0.05, 0.1) is 0 Å². The van der Waals surface area contributed by atoms with Gasteiger partial charge in [0.2, 0.25) is 0 Å². The first kappa shape index (κ1) is 14.9. The normalized spacial score (nSPS) is 30.1. The van der Waals surface area contributed by atoms with Gasteiger partial charge in [0, 0.05) is 38.3 Å². The number of nitrogens with zero attached hydrogens (tertiary/aromatic N) is 2. The van der Waals surface area contributed by atoms with Crippen LogP contribution in [0.2, 0.25) is 0 Å². The SMILES string of the molecule is O=C(c1cccc(F)c1)N1CCN(C[C@@H]2C[C@@H]3C=C[C@H]2C3)CC1. The van der Waals surface area contributed by atoms with Gasteiger partial charge in [-0.3, -0.25) is 9.69 Å². The molecule has 23 heavy (non-hydrogen) atoms. The van der Waals surface area contributed by atoms with Crippen molar-refractivity contribution < 1.29 is 9.18 Å². The summed E-state index contributed by atoms with van der Waals surface area (Å²) in [6.45, 7) is 4.50. The molecule has 1 aromatic rings. The molecule has 2 fully saturated rings. The number of piperazine rings is 1. The smallest absolute Gasteiger partial charge is 0.254 e. The molecule has 1 amide bonds. The Morgan fingerprint density at radius 2 is 1.96 bits per heavy atom. The lowest BCUT2D eigenvalue weighted by Crippen LogP contribution is -2.50. The minimum Gasteiger partial charge on any atom is -0.336 e. The van der Waals surface area contributed by atoms with Crippen LogP contribution in [0.15, 0.2) is 36.4 Å². The molecule has 4 rings (SSSR count). The highest BCUT2D eigenvalue weighted by Gasteiger charge is 2.36. The maximum Gasteiger partial charge on any atom is 0.254 e. The Bertz CT molecular complexity index is 622. The quantitative estimate of drug-likeness (QED) is 0.801. The first-order valence-corrected chi connectivity index (χ1v) is 8.64. The molecule has 4 heteroatoms. The predicted octanol–water partition coefficient (Wildman–Crippen LogP) is 2.80. The molecule has 3 nitrogen and oxygen atoms in total. The summed E-state index contributed by atoms with van der Waals surface area (Å²) in [6, 6.07) is 6.00. The molecule has 1 heterocycles. The minimum absolute atomic E-state index is 0.0491. The summed E-state index contributed by atoms with van der Waals surface area (Å²) in [5, 5.41) is 0. The van der Waals surface area contributed by atoms with Gasteiger partial charge < -0.3 is 4.90 Å². The van der Waals surface area contributed by atoms with E-state index in [1.165, 1.54) is 25.0 Å². The summed E-state index contributed by atoms with van der Waals surface area (Å²) in [4.78, 5) is 16.8. The number of halogens is 1. The summed E-state index contributed by atoms with van der Waals surface area (Å²) >= 11 is 0. The zero-order chi connectivity index (χ0) is 15.8. The van der Waals surface area contributed by atoms with Crippen LogP contribution in [0, 0.1) is 23.6 Å². The summed E-state index contributed by atoms with van der Waals surface area (Å²) in [5.74, 6) is 2.01. The number of rotatable bonds is 3. The van der Waals surface area contributed by atoms with Crippen LogP contribution in [0.4, 0.5) is 4.39 Å². The fourth-order valence-corrected chi connectivity index (χ4v) is 4.37. The Morgan fingerprint density at radius 1 is 1.13 bits per heavy atom. The monoisotopic (exact) mass is 314 g/mol. The Kier molecular flexibility index (Phi) is 3.93. The number of amides is 1. The second-order valence-corrected chi connectivity index (χ2v) is 7.14. The Labute approximate surface area is 136 Å². The van der Waals surface area contributed by atoms with Crippen molar-refractivity contribution in [3.05, 3.63) is 47.8 Å². The lowest BCUT2D eigenvalue weighted by atomic mass is 9.93. The molecule has 122 valence electrons. The van der Waals surface area contributed by atoms with Crippen LogP contribution >= 0.6 is 0 Å². The third kappa shape index (κ3) is 3.05. The molecule has 3 aliphatic rings. The van der Waals surface area contributed by atoms with Gasteiger partial charge in [-0.05, 0) is 48.8 Å². The molecular weight excluding hydrogens is 291 g/mol. The van der Waals surface area contributed by atoms with Crippen LogP contribution < -0.4 is 0 Å². The molecule has 0 spiro atoms. The Balaban J connectivity index is 1.30. The molecule has 1 aromatic carbocycles. The summed E-state index contributed by atoms with van der Waals surface area (Å²) in [6.07, 6.45) is 7.48. The van der Waals surface area contributed by atoms with Gasteiger partial charge in [0.25, 0.3) is 5.91 Å². The van der Waals surface area contributed by atoms with E-state index in [1.807, 2.05) is 4.90 Å². The van der Waals surface area contributed by atoms with Crippen molar-refractivity contribution in [2.24, 2.45) is 17.8 Å². The molecule has 1 saturated carbocycles. The molecule has 0 aromatic heterocycles. The number of hydrogen-bond acceptors (Lipinski definition) is 2. The molecule has 2 bridgehead atoms. The molecule has 1 saturated heterocycles. The van der Waals surface area contributed by atoms with Crippen molar-refractivity contribution in [3.8, 4) is 0 Å². The Morgan fingerprint density at radius 3 is 2.61 bits per heavy atom. The predicted molar refractivity (Wildman–Crippen MR) is 87.6 cm³/mol. The number of allylic oxidation sites excluding steroid dienone is 2. The standard InChI is InChI=1S/C19H23FN2O/c20-18-3-1-2-16(12-18)19(23)22-8-6-21(7-9-22)13-17-11-14-4-5-15(17)10-14/h1-5,12,14-15,17H,6-11,13H2/t14-,15+,17+/m1/s1. The second kappa shape index (κ2) is 6.08. The molecule has 0 unspecified atom stereocenters. The summed E-state index contributed by atoms with van der Waals surface area (Å²) < 4.78 is 13.3. The highest BCUT2D eigenvalue weighted by atomic mass is 19.1. The van der Waals surface area contributed by atoms with E-state index in [4.69, 9.17) is 0 Å². The summed E-state index contributed by atoms with van der Waals surface area (Å²) in [5.41, 5.74) is 0.455. The first-order valence-electron chi connectivity index (χ1n) is 8.64. The molecular formula is C19H23FN2O. The molecule has 1 aliphatic heterocycles. The van der Waals surface area contributed by atoms with Crippen LogP contribution in [0.1, 0.15) is 23.2 Å². The van der Waals surface area contributed by atoms with Crippen LogP contribution in [0.3, 0.4) is 0 Å². The lowest BCUT2D eigenvalue weighted by molar-refractivity contribution is 0.0609. The minimum atomic E-state index is -0.348.